The molecular weight excluding hydrogens is 617 g/mol. The molecule has 9 rings (SSSR count). The van der Waals surface area contributed by atoms with E-state index in [-0.39, 0.29) is 39.2 Å². The molecule has 0 N–H and O–H groups in total. The zero-order valence-corrected chi connectivity index (χ0v) is 33.7. The van der Waals surface area contributed by atoms with Crippen LogP contribution in [-0.4, -0.2) is 6.71 Å². The van der Waals surface area contributed by atoms with E-state index >= 15 is 0 Å². The molecule has 2 aliphatic heterocycles. The fourth-order valence-electron chi connectivity index (χ4n) is 11.4. The summed E-state index contributed by atoms with van der Waals surface area (Å²) < 4.78 is 7.10. The maximum atomic E-state index is 7.10. The number of ether oxygens (including phenoxy) is 1. The first-order chi connectivity index (χ1) is 23.6. The number of fused-ring (bicyclic) bond motifs is 7. The topological polar surface area (TPSA) is 12.5 Å². The molecule has 0 saturated carbocycles. The Morgan fingerprint density at radius 1 is 0.490 bits per heavy atom. The molecule has 4 aromatic carbocycles. The Hall–Kier alpha value is -3.46. The average Bonchev–Trinajstić information content (AvgIpc) is 3.22. The van der Waals surface area contributed by atoms with E-state index in [0.717, 1.165) is 17.9 Å². The molecule has 4 aromatic rings. The molecule has 0 saturated heterocycles. The zero-order chi connectivity index (χ0) is 36.4. The van der Waals surface area contributed by atoms with E-state index in [9.17, 15) is 0 Å². The Morgan fingerprint density at radius 3 is 1.63 bits per heavy atom. The zero-order valence-electron chi connectivity index (χ0n) is 33.7. The van der Waals surface area contributed by atoms with Gasteiger partial charge in [0.05, 0.1) is 0 Å². The van der Waals surface area contributed by atoms with Crippen LogP contribution in [0.3, 0.4) is 0 Å². The Kier molecular flexibility index (Phi) is 6.51. The smallest absolute Gasteiger partial charge is 0.256 e. The lowest BCUT2D eigenvalue weighted by Gasteiger charge is -2.46. The summed E-state index contributed by atoms with van der Waals surface area (Å²) in [6, 6.07) is 22.4. The van der Waals surface area contributed by atoms with Gasteiger partial charge >= 0.3 is 0 Å². The molecule has 0 spiro atoms. The number of benzene rings is 4. The van der Waals surface area contributed by atoms with Crippen molar-refractivity contribution in [1.82, 2.24) is 0 Å². The molecule has 0 fully saturated rings. The fourth-order valence-corrected chi connectivity index (χ4v) is 11.4. The number of hydrogen-bond donors (Lipinski definition) is 0. The van der Waals surface area contributed by atoms with Crippen LogP contribution in [0.25, 0.3) is 0 Å². The van der Waals surface area contributed by atoms with Crippen molar-refractivity contribution in [1.29, 1.82) is 0 Å². The SMILES string of the molecule is Cc1cc2c3c(c1)N(c1ccc4c(c1)C(C)(C)CCC4(C)C)c1cc4c(cc1B3c1cc3c(cc1O2)C(C)(C)CC3(C)C)C(C)(C)CCC4(C)C. The third-order valence-electron chi connectivity index (χ3n) is 14.5. The minimum Gasteiger partial charge on any atom is -0.458 e. The van der Waals surface area contributed by atoms with Gasteiger partial charge in [0.2, 0.25) is 0 Å². The summed E-state index contributed by atoms with van der Waals surface area (Å²) in [7, 11) is 0. The summed E-state index contributed by atoms with van der Waals surface area (Å²) in [6.07, 6.45) is 5.97. The van der Waals surface area contributed by atoms with E-state index in [0.29, 0.717) is 0 Å². The van der Waals surface area contributed by atoms with Gasteiger partial charge in [-0.1, -0.05) is 101 Å². The van der Waals surface area contributed by atoms with Gasteiger partial charge in [-0.3, -0.25) is 0 Å². The van der Waals surface area contributed by atoms with Crippen LogP contribution in [0.4, 0.5) is 17.1 Å². The van der Waals surface area contributed by atoms with Gasteiger partial charge in [0.15, 0.2) is 0 Å². The summed E-state index contributed by atoms with van der Waals surface area (Å²) in [5.41, 5.74) is 18.9. The summed E-state index contributed by atoms with van der Waals surface area (Å²) >= 11 is 0. The molecule has 3 heteroatoms. The maximum Gasteiger partial charge on any atom is 0.256 e. The number of anilines is 3. The summed E-state index contributed by atoms with van der Waals surface area (Å²) in [6.45, 7) is 31.7. The molecule has 0 atom stereocenters. The van der Waals surface area contributed by atoms with Crippen LogP contribution < -0.4 is 26.0 Å². The van der Waals surface area contributed by atoms with Crippen LogP contribution in [0.2, 0.25) is 0 Å². The van der Waals surface area contributed by atoms with Gasteiger partial charge in [-0.15, -0.1) is 0 Å². The molecular formula is C48H58BNO. The Bertz CT molecular complexity index is 2190. The lowest BCUT2D eigenvalue weighted by molar-refractivity contribution is 0.332. The number of aryl methyl sites for hydroxylation is 1. The van der Waals surface area contributed by atoms with Crippen molar-refractivity contribution in [2.45, 2.75) is 155 Å². The van der Waals surface area contributed by atoms with E-state index in [1.54, 1.807) is 0 Å². The highest BCUT2D eigenvalue weighted by Gasteiger charge is 2.49. The predicted octanol–water partition coefficient (Wildman–Crippen LogP) is 11.1. The second kappa shape index (κ2) is 9.94. The molecule has 2 nitrogen and oxygen atoms in total. The fraction of sp³-hybridized carbons (Fsp3) is 0.500. The predicted molar refractivity (Wildman–Crippen MR) is 218 cm³/mol. The van der Waals surface area contributed by atoms with Crippen LogP contribution in [0.15, 0.2) is 54.6 Å². The van der Waals surface area contributed by atoms with Gasteiger partial charge in [0.1, 0.15) is 11.5 Å². The standard InChI is InChI=1S/C48H58BNO/c1-28-20-39-42-41(21-28)51-40-26-35-33(47(10,11)27-48(35,12)13)24-37(40)49(42)36-23-32-34(46(8,9)19-18-45(32,6)7)25-38(36)50(39)29-14-15-30-31(22-29)44(4,5)17-16-43(30,2)3/h14-15,20-26H,16-19,27H2,1-13H3. The molecule has 0 radical (unpaired) electrons. The number of rotatable bonds is 1. The summed E-state index contributed by atoms with van der Waals surface area (Å²) in [4.78, 5) is 2.63. The van der Waals surface area contributed by atoms with Crippen molar-refractivity contribution >= 4 is 40.2 Å². The molecule has 51 heavy (non-hydrogen) atoms. The second-order valence-electron chi connectivity index (χ2n) is 21.2. The first kappa shape index (κ1) is 33.4. The highest BCUT2D eigenvalue weighted by Crippen LogP contribution is 2.54. The summed E-state index contributed by atoms with van der Waals surface area (Å²) in [5.74, 6) is 2.06. The van der Waals surface area contributed by atoms with Crippen LogP contribution in [0.5, 0.6) is 11.5 Å². The van der Waals surface area contributed by atoms with Gasteiger partial charge in [-0.05, 0) is 163 Å². The lowest BCUT2D eigenvalue weighted by atomic mass is 9.33. The Labute approximate surface area is 308 Å². The molecule has 2 heterocycles. The van der Waals surface area contributed by atoms with Crippen LogP contribution in [-0.2, 0) is 32.5 Å². The Morgan fingerprint density at radius 2 is 1.00 bits per heavy atom. The molecule has 0 unspecified atom stereocenters. The van der Waals surface area contributed by atoms with Crippen LogP contribution >= 0.6 is 0 Å². The van der Waals surface area contributed by atoms with E-state index in [1.165, 1.54) is 98.1 Å². The van der Waals surface area contributed by atoms with Crippen LogP contribution in [0.1, 0.15) is 154 Å². The first-order valence-corrected chi connectivity index (χ1v) is 19.8. The third kappa shape index (κ3) is 4.61. The molecule has 0 bridgehead atoms. The lowest BCUT2D eigenvalue weighted by Crippen LogP contribution is -2.60. The highest BCUT2D eigenvalue weighted by molar-refractivity contribution is 6.99. The molecule has 0 amide bonds. The van der Waals surface area contributed by atoms with Crippen LogP contribution in [0, 0.1) is 6.92 Å². The average molecular weight is 676 g/mol. The second-order valence-corrected chi connectivity index (χ2v) is 21.2. The normalized spacial score (nSPS) is 22.8. The van der Waals surface area contributed by atoms with E-state index in [2.05, 4.69) is 150 Å². The quantitative estimate of drug-likeness (QED) is 0.161. The van der Waals surface area contributed by atoms with Crippen molar-refractivity contribution in [3.63, 3.8) is 0 Å². The van der Waals surface area contributed by atoms with Crippen molar-refractivity contribution in [3.8, 4) is 11.5 Å². The largest absolute Gasteiger partial charge is 0.458 e. The van der Waals surface area contributed by atoms with Gasteiger partial charge < -0.3 is 9.64 Å². The van der Waals surface area contributed by atoms with Gasteiger partial charge in [-0.25, -0.2) is 0 Å². The van der Waals surface area contributed by atoms with Crippen molar-refractivity contribution in [2.75, 3.05) is 4.90 Å². The van der Waals surface area contributed by atoms with Crippen molar-refractivity contribution < 1.29 is 4.74 Å². The van der Waals surface area contributed by atoms with Crippen molar-refractivity contribution in [3.05, 3.63) is 93.5 Å². The number of hydrogen-bond acceptors (Lipinski definition) is 2. The van der Waals surface area contributed by atoms with Gasteiger partial charge in [-0.2, -0.15) is 0 Å². The van der Waals surface area contributed by atoms with Gasteiger partial charge in [0.25, 0.3) is 6.71 Å². The summed E-state index contributed by atoms with van der Waals surface area (Å²) in [5, 5.41) is 0. The maximum absolute atomic E-state index is 7.10. The van der Waals surface area contributed by atoms with E-state index in [4.69, 9.17) is 4.74 Å². The minimum atomic E-state index is 0.106. The van der Waals surface area contributed by atoms with Gasteiger partial charge in [0, 0.05) is 17.1 Å². The number of nitrogens with zero attached hydrogens (tertiary/aromatic N) is 1. The minimum absolute atomic E-state index is 0.106. The molecule has 0 aromatic heterocycles. The molecule has 5 aliphatic rings. The van der Waals surface area contributed by atoms with E-state index < -0.39 is 0 Å². The third-order valence-corrected chi connectivity index (χ3v) is 14.5. The van der Waals surface area contributed by atoms with Crippen molar-refractivity contribution in [2.24, 2.45) is 0 Å². The highest BCUT2D eigenvalue weighted by atomic mass is 16.5. The monoisotopic (exact) mass is 675 g/mol. The Balaban J connectivity index is 1.37. The molecule has 3 aliphatic carbocycles. The van der Waals surface area contributed by atoms with E-state index in [1.807, 2.05) is 0 Å². The first-order valence-electron chi connectivity index (χ1n) is 19.8. The molecule has 264 valence electrons.